The number of benzene rings is 1. The highest BCUT2D eigenvalue weighted by atomic mass is 16.1. The van der Waals surface area contributed by atoms with Crippen LogP contribution in [0.1, 0.15) is 27.3 Å². The smallest absolute Gasteiger partial charge is 0.248 e. The Balaban J connectivity index is 0.000000198. The van der Waals surface area contributed by atoms with Crippen molar-refractivity contribution in [3.8, 4) is 0 Å². The Labute approximate surface area is 140 Å². The molecule has 0 aliphatic carbocycles. The number of aldehydes is 1. The molecule has 24 heavy (non-hydrogen) atoms. The van der Waals surface area contributed by atoms with E-state index >= 15 is 0 Å². The summed E-state index contributed by atoms with van der Waals surface area (Å²) in [4.78, 5) is 23.4. The molecule has 0 saturated heterocycles. The molecule has 0 amide bonds. The first-order valence-corrected chi connectivity index (χ1v) is 7.52. The van der Waals surface area contributed by atoms with Crippen molar-refractivity contribution in [3.05, 3.63) is 81.5 Å². The van der Waals surface area contributed by atoms with Gasteiger partial charge in [-0.25, -0.2) is 0 Å². The summed E-state index contributed by atoms with van der Waals surface area (Å²) in [6, 6.07) is 13.3. The average molecular weight is 324 g/mol. The zero-order valence-electron chi connectivity index (χ0n) is 13.7. The van der Waals surface area contributed by atoms with E-state index in [0.29, 0.717) is 5.69 Å². The number of nitrogens with one attached hydrogen (secondary N) is 3. The monoisotopic (exact) mass is 324 g/mol. The molecule has 0 spiro atoms. The SMILES string of the molecule is CNc1ccc(=O)[nH]c1.Cc1ccc(Cc2cc(C=O)n[nH]2)cc1. The number of pyridine rings is 1. The van der Waals surface area contributed by atoms with Gasteiger partial charge in [0.15, 0.2) is 6.29 Å². The number of aromatic amines is 2. The molecule has 0 saturated carbocycles. The molecule has 2 heterocycles. The van der Waals surface area contributed by atoms with Gasteiger partial charge in [-0.15, -0.1) is 0 Å². The Morgan fingerprint density at radius 3 is 2.46 bits per heavy atom. The third-order valence-corrected chi connectivity index (χ3v) is 3.36. The summed E-state index contributed by atoms with van der Waals surface area (Å²) in [7, 11) is 1.80. The number of rotatable bonds is 4. The van der Waals surface area contributed by atoms with Gasteiger partial charge in [0, 0.05) is 31.4 Å². The lowest BCUT2D eigenvalue weighted by molar-refractivity contribution is 0.111. The first-order chi connectivity index (χ1) is 11.6. The topological polar surface area (TPSA) is 90.6 Å². The predicted octanol–water partition coefficient (Wildman–Crippen LogP) is 2.54. The molecule has 3 rings (SSSR count). The molecule has 6 heteroatoms. The molecule has 2 aromatic heterocycles. The van der Waals surface area contributed by atoms with Crippen molar-refractivity contribution in [1.29, 1.82) is 0 Å². The molecule has 124 valence electrons. The van der Waals surface area contributed by atoms with Gasteiger partial charge in [0.1, 0.15) is 5.69 Å². The Kier molecular flexibility index (Phi) is 6.08. The minimum atomic E-state index is -0.0750. The summed E-state index contributed by atoms with van der Waals surface area (Å²) < 4.78 is 0. The molecular formula is C18H20N4O2. The predicted molar refractivity (Wildman–Crippen MR) is 94.6 cm³/mol. The largest absolute Gasteiger partial charge is 0.387 e. The average Bonchev–Trinajstić information content (AvgIpc) is 3.06. The lowest BCUT2D eigenvalue weighted by Crippen LogP contribution is -2.02. The van der Waals surface area contributed by atoms with Crippen LogP contribution in [-0.4, -0.2) is 28.5 Å². The molecule has 0 unspecified atom stereocenters. The number of hydrogen-bond donors (Lipinski definition) is 3. The van der Waals surface area contributed by atoms with Crippen LogP contribution in [0.2, 0.25) is 0 Å². The van der Waals surface area contributed by atoms with E-state index in [1.807, 2.05) is 0 Å². The van der Waals surface area contributed by atoms with E-state index in [0.717, 1.165) is 24.1 Å². The zero-order valence-corrected chi connectivity index (χ0v) is 13.7. The third kappa shape index (κ3) is 5.24. The minimum absolute atomic E-state index is 0.0750. The second-order valence-electron chi connectivity index (χ2n) is 5.29. The van der Waals surface area contributed by atoms with Crippen LogP contribution in [0.15, 0.2) is 53.5 Å². The van der Waals surface area contributed by atoms with Gasteiger partial charge >= 0.3 is 0 Å². The third-order valence-electron chi connectivity index (χ3n) is 3.36. The Morgan fingerprint density at radius 2 is 1.92 bits per heavy atom. The van der Waals surface area contributed by atoms with E-state index < -0.39 is 0 Å². The number of aryl methyl sites for hydroxylation is 1. The summed E-state index contributed by atoms with van der Waals surface area (Å²) in [6.45, 7) is 2.06. The van der Waals surface area contributed by atoms with E-state index in [4.69, 9.17) is 0 Å². The maximum absolute atomic E-state index is 10.5. The molecular weight excluding hydrogens is 304 g/mol. The van der Waals surface area contributed by atoms with Gasteiger partial charge < -0.3 is 10.3 Å². The number of carbonyl (C=O) groups excluding carboxylic acids is 1. The Morgan fingerprint density at radius 1 is 1.17 bits per heavy atom. The zero-order chi connectivity index (χ0) is 17.4. The molecule has 0 aliphatic heterocycles. The summed E-state index contributed by atoms with van der Waals surface area (Å²) in [5, 5.41) is 9.58. The lowest BCUT2D eigenvalue weighted by atomic mass is 10.1. The van der Waals surface area contributed by atoms with Crippen LogP contribution in [-0.2, 0) is 6.42 Å². The van der Waals surface area contributed by atoms with Crippen LogP contribution in [0, 0.1) is 6.92 Å². The second kappa shape index (κ2) is 8.47. The molecule has 0 fully saturated rings. The van der Waals surface area contributed by atoms with Crippen LogP contribution >= 0.6 is 0 Å². The second-order valence-corrected chi connectivity index (χ2v) is 5.29. The molecule has 0 aliphatic rings. The van der Waals surface area contributed by atoms with E-state index in [1.165, 1.54) is 17.2 Å². The van der Waals surface area contributed by atoms with Crippen LogP contribution in [0.5, 0.6) is 0 Å². The highest BCUT2D eigenvalue weighted by Gasteiger charge is 2.00. The normalized spacial score (nSPS) is 9.75. The van der Waals surface area contributed by atoms with Gasteiger partial charge in [0.25, 0.3) is 0 Å². The molecule has 3 aromatic rings. The van der Waals surface area contributed by atoms with E-state index in [2.05, 4.69) is 51.7 Å². The van der Waals surface area contributed by atoms with Crippen molar-refractivity contribution in [3.63, 3.8) is 0 Å². The van der Waals surface area contributed by atoms with Gasteiger partial charge in [0.2, 0.25) is 5.56 Å². The number of H-pyrrole nitrogens is 2. The van der Waals surface area contributed by atoms with Crippen molar-refractivity contribution in [2.45, 2.75) is 13.3 Å². The van der Waals surface area contributed by atoms with Gasteiger partial charge in [0.05, 0.1) is 5.69 Å². The number of nitrogens with zero attached hydrogens (tertiary/aromatic N) is 1. The molecule has 3 N–H and O–H groups in total. The maximum atomic E-state index is 10.5. The highest BCUT2D eigenvalue weighted by molar-refractivity contribution is 5.71. The Hall–Kier alpha value is -3.15. The first-order valence-electron chi connectivity index (χ1n) is 7.52. The summed E-state index contributed by atoms with van der Waals surface area (Å²) in [6.07, 6.45) is 3.15. The molecule has 0 atom stereocenters. The van der Waals surface area contributed by atoms with Crippen molar-refractivity contribution in [2.24, 2.45) is 0 Å². The first kappa shape index (κ1) is 17.2. The molecule has 1 aromatic carbocycles. The van der Waals surface area contributed by atoms with Gasteiger partial charge in [-0.05, 0) is 24.6 Å². The minimum Gasteiger partial charge on any atom is -0.387 e. The van der Waals surface area contributed by atoms with Crippen molar-refractivity contribution < 1.29 is 4.79 Å². The van der Waals surface area contributed by atoms with Gasteiger partial charge in [-0.3, -0.25) is 14.7 Å². The van der Waals surface area contributed by atoms with Crippen molar-refractivity contribution in [1.82, 2.24) is 15.2 Å². The number of hydrogen-bond acceptors (Lipinski definition) is 4. The van der Waals surface area contributed by atoms with E-state index in [9.17, 15) is 9.59 Å². The number of anilines is 1. The fourth-order valence-electron chi connectivity index (χ4n) is 2.02. The molecule has 0 radical (unpaired) electrons. The quantitative estimate of drug-likeness (QED) is 0.643. The van der Waals surface area contributed by atoms with Crippen molar-refractivity contribution in [2.75, 3.05) is 12.4 Å². The summed E-state index contributed by atoms with van der Waals surface area (Å²) in [5.41, 5.74) is 4.71. The van der Waals surface area contributed by atoms with Crippen LogP contribution in [0.3, 0.4) is 0 Å². The van der Waals surface area contributed by atoms with E-state index in [1.54, 1.807) is 25.4 Å². The van der Waals surface area contributed by atoms with Crippen molar-refractivity contribution >= 4 is 12.0 Å². The highest BCUT2D eigenvalue weighted by Crippen LogP contribution is 2.09. The lowest BCUT2D eigenvalue weighted by Gasteiger charge is -1.98. The van der Waals surface area contributed by atoms with Gasteiger partial charge in [-0.2, -0.15) is 5.10 Å². The fourth-order valence-corrected chi connectivity index (χ4v) is 2.02. The molecule has 0 bridgehead atoms. The van der Waals surface area contributed by atoms with E-state index in [-0.39, 0.29) is 5.56 Å². The number of carbonyl (C=O) groups is 1. The standard InChI is InChI=1S/C12H12N2O.C6H8N2O/c1-9-2-4-10(5-3-9)6-11-7-12(8-15)14-13-11;1-7-5-2-3-6(9)8-4-5/h2-5,7-8H,6H2,1H3,(H,13,14);2-4,7H,1H3,(H,8,9). The fraction of sp³-hybridized carbons (Fsp3) is 0.167. The summed E-state index contributed by atoms with van der Waals surface area (Å²) in [5.74, 6) is 0. The van der Waals surface area contributed by atoms with Crippen LogP contribution in [0.4, 0.5) is 5.69 Å². The molecule has 6 nitrogen and oxygen atoms in total. The maximum Gasteiger partial charge on any atom is 0.248 e. The van der Waals surface area contributed by atoms with Gasteiger partial charge in [-0.1, -0.05) is 29.8 Å². The Bertz CT molecular complexity index is 814. The van der Waals surface area contributed by atoms with Crippen LogP contribution < -0.4 is 10.9 Å². The summed E-state index contributed by atoms with van der Waals surface area (Å²) >= 11 is 0. The van der Waals surface area contributed by atoms with Crippen LogP contribution in [0.25, 0.3) is 0 Å². The number of aromatic nitrogens is 3.